The summed E-state index contributed by atoms with van der Waals surface area (Å²) >= 11 is 0. The lowest BCUT2D eigenvalue weighted by atomic mass is 9.78. The van der Waals surface area contributed by atoms with Crippen LogP contribution in [0.15, 0.2) is 60.7 Å². The number of carbonyl (C=O) groups is 3. The number of nitrogens with zero attached hydrogens (tertiary/aromatic N) is 1. The van der Waals surface area contributed by atoms with E-state index in [0.29, 0.717) is 24.1 Å². The average Bonchev–Trinajstić information content (AvgIpc) is 3.42. The van der Waals surface area contributed by atoms with Gasteiger partial charge in [-0.2, -0.15) is 0 Å². The zero-order chi connectivity index (χ0) is 27.0. The summed E-state index contributed by atoms with van der Waals surface area (Å²) in [5, 5.41) is 14.1. The van der Waals surface area contributed by atoms with Crippen molar-refractivity contribution < 1.29 is 19.5 Å². The van der Waals surface area contributed by atoms with Gasteiger partial charge in [0.05, 0.1) is 12.6 Å². The molecule has 204 valence electrons. The Kier molecular flexibility index (Phi) is 9.86. The fourth-order valence-corrected chi connectivity index (χ4v) is 6.17. The van der Waals surface area contributed by atoms with E-state index in [1.54, 1.807) is 48.5 Å². The van der Waals surface area contributed by atoms with E-state index in [1.165, 1.54) is 25.7 Å². The van der Waals surface area contributed by atoms with E-state index in [-0.39, 0.29) is 18.2 Å². The van der Waals surface area contributed by atoms with Crippen molar-refractivity contribution in [1.82, 2.24) is 10.2 Å². The van der Waals surface area contributed by atoms with Gasteiger partial charge in [-0.05, 0) is 62.1 Å². The van der Waals surface area contributed by atoms with Gasteiger partial charge < -0.3 is 5.11 Å². The Bertz CT molecular complexity index is 1020. The Balaban J connectivity index is 1.37. The largest absolute Gasteiger partial charge is 0.372 e. The fourth-order valence-electron chi connectivity index (χ4n) is 6.17. The van der Waals surface area contributed by atoms with Gasteiger partial charge in [0, 0.05) is 5.92 Å². The minimum absolute atomic E-state index is 0.0737. The lowest BCUT2D eigenvalue weighted by molar-refractivity contribution is -0.143. The molecule has 1 saturated carbocycles. The zero-order valence-corrected chi connectivity index (χ0v) is 22.6. The summed E-state index contributed by atoms with van der Waals surface area (Å²) in [7, 11) is 0. The quantitative estimate of drug-likeness (QED) is 0.410. The first-order chi connectivity index (χ1) is 18.4. The number of ketones is 1. The number of rotatable bonds is 11. The van der Waals surface area contributed by atoms with E-state index in [1.807, 2.05) is 17.0 Å². The first kappa shape index (κ1) is 28.2. The molecular weight excluding hydrogens is 476 g/mol. The topological polar surface area (TPSA) is 86.7 Å². The van der Waals surface area contributed by atoms with Crippen molar-refractivity contribution in [2.24, 2.45) is 11.8 Å². The predicted molar refractivity (Wildman–Crippen MR) is 148 cm³/mol. The van der Waals surface area contributed by atoms with Crippen molar-refractivity contribution in [3.63, 3.8) is 0 Å². The highest BCUT2D eigenvalue weighted by Crippen LogP contribution is 2.33. The summed E-state index contributed by atoms with van der Waals surface area (Å²) in [6.07, 6.45) is 10.6. The summed E-state index contributed by atoms with van der Waals surface area (Å²) in [6.45, 7) is 3.13. The molecule has 6 heteroatoms. The van der Waals surface area contributed by atoms with Crippen LogP contribution in [0.3, 0.4) is 0 Å². The molecule has 1 heterocycles. The number of nitrogens with one attached hydrogen (secondary N) is 1. The summed E-state index contributed by atoms with van der Waals surface area (Å²) in [6, 6.07) is 16.8. The van der Waals surface area contributed by atoms with Gasteiger partial charge >= 0.3 is 0 Å². The molecule has 1 atom stereocenters. The fraction of sp³-hybridized carbons (Fsp3) is 0.531. The first-order valence-corrected chi connectivity index (χ1v) is 14.4. The molecule has 2 fully saturated rings. The van der Waals surface area contributed by atoms with Crippen molar-refractivity contribution in [3.05, 3.63) is 71.8 Å². The molecule has 6 nitrogen and oxygen atoms in total. The molecule has 0 aromatic heterocycles. The zero-order valence-electron chi connectivity index (χ0n) is 22.6. The molecule has 1 saturated heterocycles. The highest BCUT2D eigenvalue weighted by molar-refractivity contribution is 6.03. The van der Waals surface area contributed by atoms with E-state index in [9.17, 15) is 19.5 Å². The van der Waals surface area contributed by atoms with Crippen LogP contribution in [-0.2, 0) is 20.0 Å². The Hall–Kier alpha value is -2.83. The van der Waals surface area contributed by atoms with Crippen LogP contribution in [-0.4, -0.2) is 46.7 Å². The molecule has 0 radical (unpaired) electrons. The lowest BCUT2D eigenvalue weighted by Crippen LogP contribution is -2.53. The third-order valence-corrected chi connectivity index (χ3v) is 8.49. The third-order valence-electron chi connectivity index (χ3n) is 8.49. The van der Waals surface area contributed by atoms with Crippen molar-refractivity contribution in [2.45, 2.75) is 82.8 Å². The number of likely N-dealkylation sites (tertiary alicyclic amines) is 1. The molecule has 1 aliphatic carbocycles. The van der Waals surface area contributed by atoms with E-state index < -0.39 is 23.5 Å². The first-order valence-electron chi connectivity index (χ1n) is 14.4. The van der Waals surface area contributed by atoms with Crippen LogP contribution in [0.2, 0.25) is 0 Å². The molecule has 2 N–H and O–H groups in total. The maximum atomic E-state index is 13.5. The number of unbranched alkanes of at least 4 members (excludes halogenated alkanes) is 2. The van der Waals surface area contributed by atoms with Crippen LogP contribution < -0.4 is 5.32 Å². The van der Waals surface area contributed by atoms with Crippen molar-refractivity contribution in [1.29, 1.82) is 0 Å². The number of carbonyl (C=O) groups excluding carboxylic acids is 3. The highest BCUT2D eigenvalue weighted by atomic mass is 16.3. The molecule has 2 aromatic carbocycles. The Morgan fingerprint density at radius 3 is 2.08 bits per heavy atom. The molecule has 2 amide bonds. The van der Waals surface area contributed by atoms with Crippen LogP contribution in [0, 0.1) is 11.8 Å². The number of benzene rings is 2. The second kappa shape index (κ2) is 13.3. The van der Waals surface area contributed by atoms with Crippen LogP contribution >= 0.6 is 0 Å². The third kappa shape index (κ3) is 6.59. The van der Waals surface area contributed by atoms with E-state index >= 15 is 0 Å². The number of aliphatic hydroxyl groups is 1. The van der Waals surface area contributed by atoms with Crippen molar-refractivity contribution in [3.8, 4) is 0 Å². The number of hydrogen-bond donors (Lipinski definition) is 2. The van der Waals surface area contributed by atoms with Gasteiger partial charge in [-0.3, -0.25) is 24.6 Å². The second-order valence-corrected chi connectivity index (χ2v) is 11.1. The van der Waals surface area contributed by atoms with Crippen LogP contribution in [0.4, 0.5) is 0 Å². The van der Waals surface area contributed by atoms with Gasteiger partial charge in [0.25, 0.3) is 5.91 Å². The summed E-state index contributed by atoms with van der Waals surface area (Å²) in [4.78, 5) is 41.9. The molecule has 38 heavy (non-hydrogen) atoms. The summed E-state index contributed by atoms with van der Waals surface area (Å²) < 4.78 is 0. The number of hydrogen-bond acceptors (Lipinski definition) is 5. The highest BCUT2D eigenvalue weighted by Gasteiger charge is 2.43. The van der Waals surface area contributed by atoms with Crippen LogP contribution in [0.1, 0.15) is 82.3 Å². The van der Waals surface area contributed by atoms with Gasteiger partial charge in [-0.15, -0.1) is 0 Å². The molecule has 4 rings (SSSR count). The molecule has 0 bridgehead atoms. The molecule has 1 aliphatic heterocycles. The monoisotopic (exact) mass is 518 g/mol. The van der Waals surface area contributed by atoms with E-state index in [4.69, 9.17) is 0 Å². The maximum absolute atomic E-state index is 13.5. The number of imide groups is 1. The van der Waals surface area contributed by atoms with Gasteiger partial charge in [-0.1, -0.05) is 93.3 Å². The Morgan fingerprint density at radius 2 is 1.50 bits per heavy atom. The van der Waals surface area contributed by atoms with Gasteiger partial charge in [0.15, 0.2) is 5.60 Å². The van der Waals surface area contributed by atoms with E-state index in [0.717, 1.165) is 38.0 Å². The standard InChI is InChI=1S/C32H42N2O4/c1-2-3-6-12-24-18-20-25(21-19-24)29(35)23-34-22-11-17-28(34)30(36)33-31(37)32(38,26-13-7-4-8-14-26)27-15-9-5-10-16-27/h4-5,7-10,13-16,24-25,28,38H,2-3,6,11-12,17-23H2,1H3,(H,33,36,37)/t24?,25?,28-/m0/s1. The summed E-state index contributed by atoms with van der Waals surface area (Å²) in [5.41, 5.74) is -1.23. The molecule has 0 unspecified atom stereocenters. The molecule has 2 aliphatic rings. The minimum Gasteiger partial charge on any atom is -0.372 e. The van der Waals surface area contributed by atoms with Crippen molar-refractivity contribution in [2.75, 3.05) is 13.1 Å². The van der Waals surface area contributed by atoms with Crippen LogP contribution in [0.5, 0.6) is 0 Å². The smallest absolute Gasteiger partial charge is 0.267 e. The van der Waals surface area contributed by atoms with Gasteiger partial charge in [0.2, 0.25) is 5.91 Å². The maximum Gasteiger partial charge on any atom is 0.267 e. The number of Topliss-reactive ketones (excluding diaryl/α,β-unsaturated/α-hetero) is 1. The van der Waals surface area contributed by atoms with Crippen molar-refractivity contribution >= 4 is 17.6 Å². The predicted octanol–water partition coefficient (Wildman–Crippen LogP) is 4.99. The minimum atomic E-state index is -2.01. The SMILES string of the molecule is CCCCCC1CCC(C(=O)CN2CCC[C@H]2C(=O)NC(=O)C(O)(c2ccccc2)c2ccccc2)CC1. The average molecular weight is 519 g/mol. The number of amides is 2. The molecule has 0 spiro atoms. The van der Waals surface area contributed by atoms with Gasteiger partial charge in [-0.25, -0.2) is 0 Å². The lowest BCUT2D eigenvalue weighted by Gasteiger charge is -2.31. The molecular formula is C32H42N2O4. The summed E-state index contributed by atoms with van der Waals surface area (Å²) in [5.74, 6) is -0.197. The second-order valence-electron chi connectivity index (χ2n) is 11.1. The van der Waals surface area contributed by atoms with Gasteiger partial charge in [0.1, 0.15) is 5.78 Å². The van der Waals surface area contributed by atoms with E-state index in [2.05, 4.69) is 12.2 Å². The normalized spacial score (nSPS) is 22.2. The Morgan fingerprint density at radius 1 is 0.895 bits per heavy atom. The van der Waals surface area contributed by atoms with Crippen LogP contribution in [0.25, 0.3) is 0 Å². The molecule has 2 aromatic rings. The Labute approximate surface area is 226 Å².